The maximum atomic E-state index is 14.1. The summed E-state index contributed by atoms with van der Waals surface area (Å²) in [7, 11) is 1.55. The Morgan fingerprint density at radius 1 is 1.04 bits per heavy atom. The van der Waals surface area contributed by atoms with Gasteiger partial charge in [-0.25, -0.2) is 4.39 Å². The summed E-state index contributed by atoms with van der Waals surface area (Å²) in [5, 5.41) is 0.592. The van der Waals surface area contributed by atoms with Crippen molar-refractivity contribution in [2.75, 3.05) is 26.1 Å². The number of pyridine rings is 1. The number of nitrogens with zero attached hydrogens (tertiary/aromatic N) is 1. The van der Waals surface area contributed by atoms with Crippen LogP contribution in [0.25, 0.3) is 10.9 Å². The number of halogens is 1. The van der Waals surface area contributed by atoms with Crippen LogP contribution in [0.2, 0.25) is 0 Å². The van der Waals surface area contributed by atoms with Crippen molar-refractivity contribution in [2.24, 2.45) is 0 Å². The first-order chi connectivity index (χ1) is 12.2. The van der Waals surface area contributed by atoms with Crippen LogP contribution in [-0.4, -0.2) is 25.3 Å². The lowest BCUT2D eigenvalue weighted by atomic mass is 10.1. The van der Waals surface area contributed by atoms with Crippen LogP contribution in [0, 0.1) is 5.82 Å². The number of hydrogen-bond donors (Lipinski definition) is 1. The lowest BCUT2D eigenvalue weighted by Crippen LogP contribution is -2.16. The van der Waals surface area contributed by atoms with E-state index in [1.165, 1.54) is 12.1 Å². The van der Waals surface area contributed by atoms with Gasteiger partial charge in [0.25, 0.3) is 0 Å². The Balaban J connectivity index is 1.89. The first-order valence-electron chi connectivity index (χ1n) is 7.65. The molecule has 1 aromatic heterocycles. The van der Waals surface area contributed by atoms with E-state index < -0.39 is 5.82 Å². The molecule has 6 nitrogen and oxygen atoms in total. The zero-order chi connectivity index (χ0) is 17.4. The van der Waals surface area contributed by atoms with E-state index in [1.807, 2.05) is 0 Å². The molecule has 128 valence electrons. The normalized spacial score (nSPS) is 12.9. The summed E-state index contributed by atoms with van der Waals surface area (Å²) in [6.45, 7) is 0.803. The molecule has 2 aromatic carbocycles. The monoisotopic (exact) mass is 342 g/mol. The van der Waals surface area contributed by atoms with Crippen LogP contribution in [0.15, 0.2) is 36.5 Å². The molecule has 0 saturated heterocycles. The molecule has 0 fully saturated rings. The van der Waals surface area contributed by atoms with Gasteiger partial charge in [0.15, 0.2) is 23.1 Å². The zero-order valence-corrected chi connectivity index (χ0v) is 13.4. The maximum absolute atomic E-state index is 14.1. The number of anilines is 1. The SMILES string of the molecule is COc1cc2nccc(Oc3ccc(N)cc3F)c2c2c1OCCO2. The van der Waals surface area contributed by atoms with Gasteiger partial charge >= 0.3 is 0 Å². The van der Waals surface area contributed by atoms with Crippen molar-refractivity contribution in [2.45, 2.75) is 0 Å². The molecule has 1 aliphatic heterocycles. The van der Waals surface area contributed by atoms with E-state index in [0.717, 1.165) is 0 Å². The molecule has 0 aliphatic carbocycles. The van der Waals surface area contributed by atoms with Gasteiger partial charge in [-0.1, -0.05) is 0 Å². The molecule has 0 atom stereocenters. The Bertz CT molecular complexity index is 961. The highest BCUT2D eigenvalue weighted by Gasteiger charge is 2.24. The Morgan fingerprint density at radius 2 is 1.84 bits per heavy atom. The van der Waals surface area contributed by atoms with Crippen molar-refractivity contribution in [3.05, 3.63) is 42.3 Å². The number of ether oxygens (including phenoxy) is 4. The number of hydrogen-bond acceptors (Lipinski definition) is 6. The number of benzene rings is 2. The van der Waals surface area contributed by atoms with E-state index in [-0.39, 0.29) is 5.75 Å². The molecule has 2 N–H and O–H groups in total. The lowest BCUT2D eigenvalue weighted by molar-refractivity contribution is 0.167. The van der Waals surface area contributed by atoms with E-state index in [1.54, 1.807) is 31.5 Å². The summed E-state index contributed by atoms with van der Waals surface area (Å²) >= 11 is 0. The van der Waals surface area contributed by atoms with Crippen molar-refractivity contribution >= 4 is 16.6 Å². The molecule has 4 rings (SSSR count). The molecule has 0 bridgehead atoms. The Morgan fingerprint density at radius 3 is 2.60 bits per heavy atom. The fraction of sp³-hybridized carbons (Fsp3) is 0.167. The molecule has 3 aromatic rings. The van der Waals surface area contributed by atoms with Crippen LogP contribution in [0.1, 0.15) is 0 Å². The fourth-order valence-electron chi connectivity index (χ4n) is 2.73. The van der Waals surface area contributed by atoms with Gasteiger partial charge < -0.3 is 24.7 Å². The third-order valence-corrected chi connectivity index (χ3v) is 3.84. The molecule has 7 heteroatoms. The number of fused-ring (bicyclic) bond motifs is 3. The Labute approximate surface area is 142 Å². The van der Waals surface area contributed by atoms with Gasteiger partial charge in [-0.3, -0.25) is 4.98 Å². The molecule has 1 aliphatic rings. The van der Waals surface area contributed by atoms with E-state index in [2.05, 4.69) is 4.98 Å². The van der Waals surface area contributed by atoms with E-state index in [9.17, 15) is 4.39 Å². The van der Waals surface area contributed by atoms with Gasteiger partial charge in [0.2, 0.25) is 5.75 Å². The minimum atomic E-state index is -0.551. The van der Waals surface area contributed by atoms with Crippen LogP contribution < -0.4 is 24.7 Å². The summed E-state index contributed by atoms with van der Waals surface area (Å²) in [5.74, 6) is 1.38. The summed E-state index contributed by atoms with van der Waals surface area (Å²) in [6.07, 6.45) is 1.57. The first kappa shape index (κ1) is 15.3. The minimum absolute atomic E-state index is 0.0583. The molecular weight excluding hydrogens is 327 g/mol. The molecule has 2 heterocycles. The molecule has 0 amide bonds. The van der Waals surface area contributed by atoms with Crippen LogP contribution in [-0.2, 0) is 0 Å². The quantitative estimate of drug-likeness (QED) is 0.734. The topological polar surface area (TPSA) is 75.8 Å². The number of nitrogen functional groups attached to an aromatic ring is 1. The molecule has 0 saturated carbocycles. The highest BCUT2D eigenvalue weighted by Crippen LogP contribution is 2.48. The average molecular weight is 342 g/mol. The number of nitrogens with two attached hydrogens (primary N) is 1. The molecule has 0 spiro atoms. The first-order valence-corrected chi connectivity index (χ1v) is 7.65. The highest BCUT2D eigenvalue weighted by molar-refractivity contribution is 5.95. The smallest absolute Gasteiger partial charge is 0.204 e. The Hall–Kier alpha value is -3.22. The summed E-state index contributed by atoms with van der Waals surface area (Å²) in [5.41, 5.74) is 6.49. The van der Waals surface area contributed by atoms with Crippen LogP contribution >= 0.6 is 0 Å². The predicted octanol–water partition coefficient (Wildman–Crippen LogP) is 3.53. The van der Waals surface area contributed by atoms with Crippen molar-refractivity contribution in [1.29, 1.82) is 0 Å². The third kappa shape index (κ3) is 2.63. The van der Waals surface area contributed by atoms with Gasteiger partial charge in [0.1, 0.15) is 19.0 Å². The van der Waals surface area contributed by atoms with Crippen molar-refractivity contribution in [3.63, 3.8) is 0 Å². The molecule has 0 radical (unpaired) electrons. The molecule has 0 unspecified atom stereocenters. The number of methoxy groups -OCH3 is 1. The van der Waals surface area contributed by atoms with Crippen molar-refractivity contribution in [1.82, 2.24) is 4.98 Å². The number of aromatic nitrogens is 1. The van der Waals surface area contributed by atoms with Crippen LogP contribution in [0.4, 0.5) is 10.1 Å². The fourth-order valence-corrected chi connectivity index (χ4v) is 2.73. The average Bonchev–Trinajstić information content (AvgIpc) is 2.63. The zero-order valence-electron chi connectivity index (χ0n) is 13.4. The standard InChI is InChI=1S/C18H15FN2O4/c1-22-15-9-12-16(18-17(15)23-6-7-24-18)14(4-5-21-12)25-13-3-2-10(20)8-11(13)19/h2-5,8-9H,6-7,20H2,1H3. The van der Waals surface area contributed by atoms with E-state index in [4.69, 9.17) is 24.7 Å². The molecular formula is C18H15FN2O4. The molecule has 25 heavy (non-hydrogen) atoms. The second kappa shape index (κ2) is 6.01. The van der Waals surface area contributed by atoms with Crippen molar-refractivity contribution in [3.8, 4) is 28.7 Å². The van der Waals surface area contributed by atoms with Gasteiger partial charge in [-0.05, 0) is 18.2 Å². The van der Waals surface area contributed by atoms with Crippen molar-refractivity contribution < 1.29 is 23.3 Å². The largest absolute Gasteiger partial charge is 0.493 e. The predicted molar refractivity (Wildman–Crippen MR) is 90.2 cm³/mol. The summed E-state index contributed by atoms with van der Waals surface area (Å²) in [4.78, 5) is 4.33. The number of rotatable bonds is 3. The Kier molecular flexibility index (Phi) is 3.68. The third-order valence-electron chi connectivity index (χ3n) is 3.84. The van der Waals surface area contributed by atoms with Crippen LogP contribution in [0.3, 0.4) is 0 Å². The highest BCUT2D eigenvalue weighted by atomic mass is 19.1. The lowest BCUT2D eigenvalue weighted by Gasteiger charge is -2.23. The van der Waals surface area contributed by atoms with E-state index in [0.29, 0.717) is 52.8 Å². The van der Waals surface area contributed by atoms with Gasteiger partial charge in [-0.15, -0.1) is 0 Å². The van der Waals surface area contributed by atoms with Crippen LogP contribution in [0.5, 0.6) is 28.7 Å². The minimum Gasteiger partial charge on any atom is -0.493 e. The van der Waals surface area contributed by atoms with Gasteiger partial charge in [0.05, 0.1) is 18.0 Å². The summed E-state index contributed by atoms with van der Waals surface area (Å²) < 4.78 is 36.7. The second-order valence-electron chi connectivity index (χ2n) is 5.43. The van der Waals surface area contributed by atoms with Gasteiger partial charge in [-0.2, -0.15) is 0 Å². The van der Waals surface area contributed by atoms with E-state index >= 15 is 0 Å². The van der Waals surface area contributed by atoms with Gasteiger partial charge in [0, 0.05) is 24.0 Å². The summed E-state index contributed by atoms with van der Waals surface area (Å²) in [6, 6.07) is 7.62. The maximum Gasteiger partial charge on any atom is 0.204 e. The second-order valence-corrected chi connectivity index (χ2v) is 5.43.